The van der Waals surface area contributed by atoms with E-state index in [4.69, 9.17) is 9.47 Å². The second-order valence-electron chi connectivity index (χ2n) is 5.06. The third-order valence-electron chi connectivity index (χ3n) is 3.37. The van der Waals surface area contributed by atoms with Crippen molar-refractivity contribution in [2.24, 2.45) is 5.92 Å². The van der Waals surface area contributed by atoms with Gasteiger partial charge in [0, 0.05) is 25.6 Å². The Balaban J connectivity index is 1.77. The number of benzene rings is 1. The summed E-state index contributed by atoms with van der Waals surface area (Å²) in [5.41, 5.74) is 1.09. The normalized spacial score (nSPS) is 13.9. The number of carbonyl (C=O) groups is 1. The van der Waals surface area contributed by atoms with E-state index in [1.165, 1.54) is 0 Å². The molecule has 1 aromatic rings. The van der Waals surface area contributed by atoms with Crippen molar-refractivity contribution in [1.29, 1.82) is 0 Å². The number of halogens is 1. The van der Waals surface area contributed by atoms with Crippen LogP contribution in [0.4, 0.5) is 0 Å². The van der Waals surface area contributed by atoms with Gasteiger partial charge in [-0.15, -0.1) is 0 Å². The molecule has 116 valence electrons. The predicted molar refractivity (Wildman–Crippen MR) is 84.7 cm³/mol. The van der Waals surface area contributed by atoms with E-state index in [2.05, 4.69) is 26.6 Å². The Morgan fingerprint density at radius 1 is 1.29 bits per heavy atom. The average Bonchev–Trinajstić information content (AvgIpc) is 3.30. The van der Waals surface area contributed by atoms with Crippen LogP contribution in [0.3, 0.4) is 0 Å². The van der Waals surface area contributed by atoms with Crippen molar-refractivity contribution < 1.29 is 14.3 Å². The van der Waals surface area contributed by atoms with Crippen LogP contribution in [0, 0.1) is 5.92 Å². The van der Waals surface area contributed by atoms with Crippen molar-refractivity contribution in [3.8, 4) is 11.5 Å². The molecular weight excluding hydrogens is 336 g/mol. The molecule has 0 heterocycles. The highest BCUT2D eigenvalue weighted by molar-refractivity contribution is 9.10. The van der Waals surface area contributed by atoms with E-state index >= 15 is 0 Å². The molecule has 0 radical (unpaired) electrons. The van der Waals surface area contributed by atoms with Gasteiger partial charge in [-0.3, -0.25) is 4.79 Å². The summed E-state index contributed by atoms with van der Waals surface area (Å²) in [7, 11) is 3.23. The van der Waals surface area contributed by atoms with Gasteiger partial charge in [0.25, 0.3) is 0 Å². The van der Waals surface area contributed by atoms with Crippen LogP contribution in [-0.2, 0) is 11.3 Å². The van der Waals surface area contributed by atoms with Crippen LogP contribution in [0.5, 0.6) is 11.5 Å². The lowest BCUT2D eigenvalue weighted by atomic mass is 10.2. The van der Waals surface area contributed by atoms with Gasteiger partial charge in [-0.1, -0.05) is 0 Å². The van der Waals surface area contributed by atoms with E-state index in [1.54, 1.807) is 14.2 Å². The zero-order valence-electron chi connectivity index (χ0n) is 12.4. The molecule has 2 N–H and O–H groups in total. The topological polar surface area (TPSA) is 59.6 Å². The minimum atomic E-state index is 0.186. The molecular formula is C15H21BrN2O3. The van der Waals surface area contributed by atoms with E-state index in [9.17, 15) is 4.79 Å². The first-order valence-corrected chi connectivity index (χ1v) is 7.83. The number of ether oxygens (including phenoxy) is 2. The maximum atomic E-state index is 11.5. The van der Waals surface area contributed by atoms with Gasteiger partial charge in [-0.25, -0.2) is 0 Å². The van der Waals surface area contributed by atoms with Crippen molar-refractivity contribution in [1.82, 2.24) is 10.6 Å². The number of nitrogens with one attached hydrogen (secondary N) is 2. The lowest BCUT2D eigenvalue weighted by Gasteiger charge is -2.12. The van der Waals surface area contributed by atoms with E-state index in [-0.39, 0.29) is 11.8 Å². The fourth-order valence-electron chi connectivity index (χ4n) is 2.07. The molecule has 0 saturated heterocycles. The van der Waals surface area contributed by atoms with E-state index in [0.29, 0.717) is 24.6 Å². The molecule has 0 aromatic heterocycles. The highest BCUT2D eigenvalue weighted by Crippen LogP contribution is 2.36. The monoisotopic (exact) mass is 356 g/mol. The summed E-state index contributed by atoms with van der Waals surface area (Å²) in [5, 5.41) is 6.23. The van der Waals surface area contributed by atoms with Gasteiger partial charge in [-0.05, 0) is 46.5 Å². The lowest BCUT2D eigenvalue weighted by molar-refractivity contribution is -0.122. The molecule has 0 unspecified atom stereocenters. The maximum absolute atomic E-state index is 11.5. The molecule has 0 atom stereocenters. The van der Waals surface area contributed by atoms with Crippen molar-refractivity contribution in [2.75, 3.05) is 27.3 Å². The highest BCUT2D eigenvalue weighted by Gasteiger charge is 2.28. The number of amides is 1. The van der Waals surface area contributed by atoms with Gasteiger partial charge in [0.05, 0.1) is 18.7 Å². The predicted octanol–water partition coefficient (Wildman–Crippen LogP) is 2.08. The third-order valence-corrected chi connectivity index (χ3v) is 3.96. The minimum absolute atomic E-state index is 0.186. The second kappa shape index (κ2) is 7.66. The average molecular weight is 357 g/mol. The summed E-state index contributed by atoms with van der Waals surface area (Å²) in [6.45, 7) is 2.10. The number of hydrogen-bond acceptors (Lipinski definition) is 4. The molecule has 1 saturated carbocycles. The third kappa shape index (κ3) is 4.61. The molecule has 0 spiro atoms. The zero-order valence-corrected chi connectivity index (χ0v) is 14.0. The molecule has 0 aliphatic heterocycles. The fourth-order valence-corrected chi connectivity index (χ4v) is 2.72. The zero-order chi connectivity index (χ0) is 15.2. The first kappa shape index (κ1) is 16.1. The Kier molecular flexibility index (Phi) is 5.87. The summed E-state index contributed by atoms with van der Waals surface area (Å²) in [4.78, 5) is 11.5. The Morgan fingerprint density at radius 2 is 2.05 bits per heavy atom. The van der Waals surface area contributed by atoms with Crippen LogP contribution in [-0.4, -0.2) is 33.2 Å². The van der Waals surface area contributed by atoms with Gasteiger partial charge < -0.3 is 20.1 Å². The van der Waals surface area contributed by atoms with Gasteiger partial charge >= 0.3 is 0 Å². The first-order chi connectivity index (χ1) is 10.2. The minimum Gasteiger partial charge on any atom is -0.493 e. The molecule has 1 amide bonds. The fraction of sp³-hybridized carbons (Fsp3) is 0.533. The molecule has 1 fully saturated rings. The van der Waals surface area contributed by atoms with E-state index in [1.807, 2.05) is 12.1 Å². The number of hydrogen-bond donors (Lipinski definition) is 2. The number of carbonyl (C=O) groups excluding carboxylic acids is 1. The standard InChI is InChI=1S/C15H21BrN2O3/c1-20-13-8-10(7-12(16)14(13)21-2)9-17-5-6-18-15(19)11-3-4-11/h7-8,11,17H,3-6,9H2,1-2H3,(H,18,19). The van der Waals surface area contributed by atoms with E-state index in [0.717, 1.165) is 29.4 Å². The first-order valence-electron chi connectivity index (χ1n) is 7.04. The second-order valence-corrected chi connectivity index (χ2v) is 5.91. The van der Waals surface area contributed by atoms with Crippen LogP contribution in [0.2, 0.25) is 0 Å². The molecule has 2 rings (SSSR count). The smallest absolute Gasteiger partial charge is 0.223 e. The number of rotatable bonds is 8. The summed E-state index contributed by atoms with van der Waals surface area (Å²) >= 11 is 3.47. The summed E-state index contributed by atoms with van der Waals surface area (Å²) < 4.78 is 11.5. The summed E-state index contributed by atoms with van der Waals surface area (Å²) in [5.74, 6) is 1.85. The highest BCUT2D eigenvalue weighted by atomic mass is 79.9. The Hall–Kier alpha value is -1.27. The van der Waals surface area contributed by atoms with Crippen LogP contribution in [0.15, 0.2) is 16.6 Å². The molecule has 1 aliphatic rings. The quantitative estimate of drug-likeness (QED) is 0.700. The van der Waals surface area contributed by atoms with Gasteiger partial charge in [0.2, 0.25) is 5.91 Å². The largest absolute Gasteiger partial charge is 0.493 e. The Labute approximate surface area is 133 Å². The van der Waals surface area contributed by atoms with Crippen molar-refractivity contribution >= 4 is 21.8 Å². The molecule has 21 heavy (non-hydrogen) atoms. The Bertz CT molecular complexity index is 504. The molecule has 6 heteroatoms. The van der Waals surface area contributed by atoms with Crippen LogP contribution < -0.4 is 20.1 Å². The van der Waals surface area contributed by atoms with Gasteiger partial charge in [-0.2, -0.15) is 0 Å². The van der Waals surface area contributed by atoms with Crippen LogP contribution in [0.25, 0.3) is 0 Å². The van der Waals surface area contributed by atoms with Crippen LogP contribution >= 0.6 is 15.9 Å². The van der Waals surface area contributed by atoms with Crippen molar-refractivity contribution in [2.45, 2.75) is 19.4 Å². The van der Waals surface area contributed by atoms with Gasteiger partial charge in [0.1, 0.15) is 0 Å². The lowest BCUT2D eigenvalue weighted by Crippen LogP contribution is -2.32. The molecule has 5 nitrogen and oxygen atoms in total. The molecule has 1 aliphatic carbocycles. The van der Waals surface area contributed by atoms with Crippen molar-refractivity contribution in [3.63, 3.8) is 0 Å². The Morgan fingerprint density at radius 3 is 2.67 bits per heavy atom. The summed E-state index contributed by atoms with van der Waals surface area (Å²) in [6.07, 6.45) is 2.08. The molecule has 0 bridgehead atoms. The summed E-state index contributed by atoms with van der Waals surface area (Å²) in [6, 6.07) is 3.94. The molecule has 1 aromatic carbocycles. The maximum Gasteiger partial charge on any atom is 0.223 e. The van der Waals surface area contributed by atoms with Crippen LogP contribution in [0.1, 0.15) is 18.4 Å². The van der Waals surface area contributed by atoms with Crippen molar-refractivity contribution in [3.05, 3.63) is 22.2 Å². The number of methoxy groups -OCH3 is 2. The van der Waals surface area contributed by atoms with E-state index < -0.39 is 0 Å². The SMILES string of the molecule is COc1cc(CNCCNC(=O)C2CC2)cc(Br)c1OC. The van der Waals surface area contributed by atoms with Gasteiger partial charge in [0.15, 0.2) is 11.5 Å².